The number of nitrogens with zero attached hydrogens (tertiary/aromatic N) is 3. The highest BCUT2D eigenvalue weighted by molar-refractivity contribution is 6.30. The number of aromatic nitrogens is 1. The van der Waals surface area contributed by atoms with Gasteiger partial charge in [0.15, 0.2) is 17.4 Å². The number of amides is 2. The molecule has 0 spiro atoms. The van der Waals surface area contributed by atoms with E-state index in [2.05, 4.69) is 15.5 Å². The molecular weight excluding hydrogens is 394 g/mol. The second-order valence-electron chi connectivity index (χ2n) is 7.41. The first-order valence-electron chi connectivity index (χ1n) is 9.40. The highest BCUT2D eigenvalue weighted by atomic mass is 35.5. The summed E-state index contributed by atoms with van der Waals surface area (Å²) in [6.45, 7) is 5.91. The van der Waals surface area contributed by atoms with Gasteiger partial charge in [0.05, 0.1) is 25.0 Å². The molecule has 9 heteroatoms. The molecule has 3 N–H and O–H groups in total. The monoisotopic (exact) mass is 417 g/mol. The number of carbonyl (C=O) groups is 2. The number of aliphatic imine (C=N–C) groups is 1. The van der Waals surface area contributed by atoms with Crippen molar-refractivity contribution in [3.05, 3.63) is 52.4 Å². The number of rotatable bonds is 6. The first-order chi connectivity index (χ1) is 13.7. The Morgan fingerprint density at radius 2 is 2.14 bits per heavy atom. The summed E-state index contributed by atoms with van der Waals surface area (Å²) in [4.78, 5) is 30.6. The third-order valence-electron chi connectivity index (χ3n) is 4.83. The first kappa shape index (κ1) is 20.9. The van der Waals surface area contributed by atoms with Crippen molar-refractivity contribution in [1.82, 2.24) is 15.4 Å². The maximum atomic E-state index is 12.5. The number of nitrogens with two attached hydrogens (primary N) is 1. The highest BCUT2D eigenvalue weighted by Crippen LogP contribution is 2.20. The fraction of sp³-hybridized carbons (Fsp3) is 0.400. The Balaban J connectivity index is 1.65. The van der Waals surface area contributed by atoms with Crippen LogP contribution in [0.2, 0.25) is 5.02 Å². The van der Waals surface area contributed by atoms with Gasteiger partial charge >= 0.3 is 0 Å². The van der Waals surface area contributed by atoms with Gasteiger partial charge < -0.3 is 15.6 Å². The molecular formula is C20H24ClN5O3. The lowest BCUT2D eigenvalue weighted by Gasteiger charge is -2.29. The summed E-state index contributed by atoms with van der Waals surface area (Å²) in [5, 5.41) is 7.25. The number of hydrogen-bond donors (Lipinski definition) is 2. The van der Waals surface area contributed by atoms with Crippen LogP contribution >= 0.6 is 11.6 Å². The molecule has 29 heavy (non-hydrogen) atoms. The van der Waals surface area contributed by atoms with Gasteiger partial charge in [-0.2, -0.15) is 0 Å². The molecule has 2 atom stereocenters. The number of nitrogens with one attached hydrogen (secondary N) is 1. The Kier molecular flexibility index (Phi) is 6.22. The Bertz CT molecular complexity index is 940. The van der Waals surface area contributed by atoms with E-state index in [1.807, 2.05) is 32.9 Å². The van der Waals surface area contributed by atoms with Crippen molar-refractivity contribution in [2.24, 2.45) is 16.6 Å². The summed E-state index contributed by atoms with van der Waals surface area (Å²) >= 11 is 6.00. The van der Waals surface area contributed by atoms with Crippen LogP contribution in [0.4, 0.5) is 0 Å². The van der Waals surface area contributed by atoms with Gasteiger partial charge in [-0.1, -0.05) is 42.7 Å². The number of guanidine groups is 1. The first-order valence-corrected chi connectivity index (χ1v) is 9.78. The molecule has 2 aromatic rings. The van der Waals surface area contributed by atoms with Crippen molar-refractivity contribution in [2.45, 2.75) is 45.8 Å². The Labute approximate surface area is 174 Å². The van der Waals surface area contributed by atoms with Crippen molar-refractivity contribution in [3.8, 4) is 0 Å². The van der Waals surface area contributed by atoms with Gasteiger partial charge in [-0.05, 0) is 30.5 Å². The normalized spacial score (nSPS) is 18.0. The lowest BCUT2D eigenvalue weighted by Crippen LogP contribution is -2.47. The topological polar surface area (TPSA) is 114 Å². The lowest BCUT2D eigenvalue weighted by molar-refractivity contribution is -0.129. The predicted molar refractivity (Wildman–Crippen MR) is 109 cm³/mol. The van der Waals surface area contributed by atoms with Gasteiger partial charge in [0.25, 0.3) is 5.91 Å². The molecule has 0 aliphatic carbocycles. The molecule has 1 aromatic heterocycles. The van der Waals surface area contributed by atoms with Crippen LogP contribution in [0.5, 0.6) is 0 Å². The molecule has 0 saturated carbocycles. The Morgan fingerprint density at radius 1 is 1.38 bits per heavy atom. The van der Waals surface area contributed by atoms with Crippen LogP contribution in [-0.2, 0) is 11.3 Å². The van der Waals surface area contributed by atoms with Gasteiger partial charge in [-0.3, -0.25) is 14.5 Å². The summed E-state index contributed by atoms with van der Waals surface area (Å²) in [5.74, 6) is 0.200. The number of halogens is 1. The Morgan fingerprint density at radius 3 is 2.79 bits per heavy atom. The van der Waals surface area contributed by atoms with Crippen molar-refractivity contribution >= 4 is 29.4 Å². The number of carbonyl (C=O) groups excluding carboxylic acids is 2. The fourth-order valence-electron chi connectivity index (χ4n) is 3.04. The van der Waals surface area contributed by atoms with Crippen LogP contribution in [0.15, 0.2) is 39.8 Å². The molecule has 2 amide bonds. The van der Waals surface area contributed by atoms with Crippen LogP contribution in [0.1, 0.15) is 55.0 Å². The van der Waals surface area contributed by atoms with Crippen LogP contribution in [-0.4, -0.2) is 33.9 Å². The molecule has 1 aliphatic heterocycles. The van der Waals surface area contributed by atoms with E-state index in [0.717, 1.165) is 5.56 Å². The summed E-state index contributed by atoms with van der Waals surface area (Å²) in [6, 6.07) is 8.36. The van der Waals surface area contributed by atoms with E-state index in [9.17, 15) is 9.59 Å². The largest absolute Gasteiger partial charge is 0.369 e. The third-order valence-corrected chi connectivity index (χ3v) is 5.07. The van der Waals surface area contributed by atoms with Crippen molar-refractivity contribution < 1.29 is 14.1 Å². The Hall–Kier alpha value is -2.87. The van der Waals surface area contributed by atoms with Gasteiger partial charge in [0.2, 0.25) is 5.91 Å². The summed E-state index contributed by atoms with van der Waals surface area (Å²) in [7, 11) is 0. The zero-order chi connectivity index (χ0) is 21.1. The summed E-state index contributed by atoms with van der Waals surface area (Å²) < 4.78 is 5.23. The number of hydrogen-bond acceptors (Lipinski definition) is 6. The second-order valence-corrected chi connectivity index (χ2v) is 7.85. The van der Waals surface area contributed by atoms with E-state index in [4.69, 9.17) is 21.9 Å². The zero-order valence-corrected chi connectivity index (χ0v) is 17.3. The summed E-state index contributed by atoms with van der Waals surface area (Å²) in [6.07, 6.45) is 0.289. The lowest BCUT2D eigenvalue weighted by atomic mass is 10.00. The molecule has 0 fully saturated rings. The van der Waals surface area contributed by atoms with E-state index in [0.29, 0.717) is 10.8 Å². The third kappa shape index (κ3) is 4.95. The highest BCUT2D eigenvalue weighted by Gasteiger charge is 2.30. The van der Waals surface area contributed by atoms with E-state index in [1.165, 1.54) is 11.0 Å². The molecule has 1 aromatic carbocycles. The van der Waals surface area contributed by atoms with Gasteiger partial charge in [-0.25, -0.2) is 4.99 Å². The van der Waals surface area contributed by atoms with E-state index >= 15 is 0 Å². The van der Waals surface area contributed by atoms with Gasteiger partial charge in [-0.15, -0.1) is 0 Å². The molecule has 2 heterocycles. The minimum atomic E-state index is -0.390. The quantitative estimate of drug-likeness (QED) is 0.750. The maximum Gasteiger partial charge on any atom is 0.273 e. The molecule has 0 saturated heterocycles. The number of benzene rings is 1. The second kappa shape index (κ2) is 8.65. The van der Waals surface area contributed by atoms with Crippen LogP contribution in [0.25, 0.3) is 0 Å². The van der Waals surface area contributed by atoms with Gasteiger partial charge in [0.1, 0.15) is 0 Å². The molecule has 154 valence electrons. The summed E-state index contributed by atoms with van der Waals surface area (Å²) in [5.41, 5.74) is 6.95. The maximum absolute atomic E-state index is 12.5. The molecule has 1 aliphatic rings. The van der Waals surface area contributed by atoms with Crippen LogP contribution < -0.4 is 11.1 Å². The van der Waals surface area contributed by atoms with Crippen molar-refractivity contribution in [3.63, 3.8) is 0 Å². The molecule has 3 rings (SSSR count). The minimum Gasteiger partial charge on any atom is -0.369 e. The smallest absolute Gasteiger partial charge is 0.273 e. The fourth-order valence-corrected chi connectivity index (χ4v) is 3.23. The van der Waals surface area contributed by atoms with E-state index in [-0.39, 0.29) is 54.4 Å². The van der Waals surface area contributed by atoms with Crippen molar-refractivity contribution in [2.75, 3.05) is 0 Å². The van der Waals surface area contributed by atoms with Crippen LogP contribution in [0, 0.1) is 5.92 Å². The van der Waals surface area contributed by atoms with Gasteiger partial charge in [0, 0.05) is 11.1 Å². The predicted octanol–water partition coefficient (Wildman–Crippen LogP) is 2.89. The van der Waals surface area contributed by atoms with Crippen LogP contribution in [0.3, 0.4) is 0 Å². The van der Waals surface area contributed by atoms with Crippen molar-refractivity contribution in [1.29, 1.82) is 0 Å². The zero-order valence-electron chi connectivity index (χ0n) is 16.6. The standard InChI is InChI=1S/C20H24ClN5O3/c1-11(2)16-9-18(27)26(20(22)24-16)10-15-8-17(25-29-15)19(28)23-12(3)13-5-4-6-14(21)7-13/h4-8,11-12,16H,9-10H2,1-3H3,(H2,22,24)(H,23,28). The average molecular weight is 418 g/mol. The average Bonchev–Trinajstić information content (AvgIpc) is 3.13. The van der Waals surface area contributed by atoms with E-state index < -0.39 is 0 Å². The van der Waals surface area contributed by atoms with E-state index in [1.54, 1.807) is 12.1 Å². The SMILES string of the molecule is CC(NC(=O)c1cc(CN2C(=O)CC(C(C)C)N=C2N)on1)c1cccc(Cl)c1. The minimum absolute atomic E-state index is 0.0725. The molecule has 8 nitrogen and oxygen atoms in total. The molecule has 0 bridgehead atoms. The molecule has 2 unspecified atom stereocenters. The molecule has 0 radical (unpaired) electrons.